The number of likely N-dealkylation sites (tertiary alicyclic amines) is 1. The molecule has 0 aliphatic carbocycles. The molecule has 0 atom stereocenters. The van der Waals surface area contributed by atoms with Gasteiger partial charge in [-0.25, -0.2) is 0 Å². The Morgan fingerprint density at radius 3 is 2.00 bits per heavy atom. The molecule has 0 radical (unpaired) electrons. The van der Waals surface area contributed by atoms with Crippen molar-refractivity contribution in [1.29, 1.82) is 0 Å². The molecule has 10 heavy (non-hydrogen) atoms. The van der Waals surface area contributed by atoms with Crippen LogP contribution in [0.25, 0.3) is 0 Å². The maximum absolute atomic E-state index is 10.9. The zero-order valence-electron chi connectivity index (χ0n) is 5.98. The second-order valence-corrected chi connectivity index (χ2v) is 3.58. The number of amides is 1. The number of hydrogen-bond acceptors (Lipinski definition) is 1. The molecule has 0 spiro atoms. The van der Waals surface area contributed by atoms with E-state index in [-0.39, 0.29) is 3.91 Å². The fourth-order valence-corrected chi connectivity index (χ4v) is 1.73. The molecule has 1 saturated heterocycles. The Hall–Kier alpha value is 0.200. The summed E-state index contributed by atoms with van der Waals surface area (Å²) in [6, 6.07) is 0. The van der Waals surface area contributed by atoms with Gasteiger partial charge >= 0.3 is 0 Å². The van der Waals surface area contributed by atoms with Crippen LogP contribution in [0.4, 0.5) is 4.79 Å². The number of hydrogen-bond donors (Lipinski definition) is 0. The maximum Gasteiger partial charge on any atom is 0.283 e. The smallest absolute Gasteiger partial charge is 0.283 e. The highest BCUT2D eigenvalue weighted by atomic mass is 127. The van der Waals surface area contributed by atoms with Crippen LogP contribution < -0.4 is 0 Å². The number of carbonyl (C=O) groups excluding carboxylic acids is 1. The van der Waals surface area contributed by atoms with E-state index in [1.54, 1.807) is 0 Å². The zero-order valence-corrected chi connectivity index (χ0v) is 8.13. The molecule has 2 nitrogen and oxygen atoms in total. The minimum atomic E-state index is 0.208. The van der Waals surface area contributed by atoms with Gasteiger partial charge < -0.3 is 4.90 Å². The molecule has 0 aromatic heterocycles. The third-order valence-corrected chi connectivity index (χ3v) is 2.54. The predicted molar refractivity (Wildman–Crippen MR) is 49.5 cm³/mol. The van der Waals surface area contributed by atoms with Gasteiger partial charge in [0.25, 0.3) is 3.91 Å². The molecule has 0 saturated carbocycles. The largest absolute Gasteiger partial charge is 0.334 e. The second kappa shape index (κ2) is 4.16. The van der Waals surface area contributed by atoms with Crippen molar-refractivity contribution in [3.8, 4) is 0 Å². The van der Waals surface area contributed by atoms with Crippen LogP contribution in [0.3, 0.4) is 0 Å². The molecule has 58 valence electrons. The third-order valence-electron chi connectivity index (χ3n) is 1.85. The van der Waals surface area contributed by atoms with E-state index in [1.165, 1.54) is 25.7 Å². The quantitative estimate of drug-likeness (QED) is 0.369. The molecule has 0 N–H and O–H groups in total. The SMILES string of the molecule is O=C(I)N1CCCCCC1. The van der Waals surface area contributed by atoms with Crippen molar-refractivity contribution in [1.82, 2.24) is 4.90 Å². The zero-order chi connectivity index (χ0) is 7.40. The molecule has 0 aromatic rings. The lowest BCUT2D eigenvalue weighted by Gasteiger charge is -2.15. The monoisotopic (exact) mass is 253 g/mol. The minimum Gasteiger partial charge on any atom is -0.334 e. The maximum atomic E-state index is 10.9. The van der Waals surface area contributed by atoms with E-state index >= 15 is 0 Å². The Labute approximate surface area is 75.1 Å². The first-order valence-corrected chi connectivity index (χ1v) is 4.83. The Morgan fingerprint density at radius 2 is 1.60 bits per heavy atom. The molecule has 1 fully saturated rings. The van der Waals surface area contributed by atoms with Gasteiger partial charge in [-0.1, -0.05) is 12.8 Å². The predicted octanol–water partition coefficient (Wildman–Crippen LogP) is 2.42. The van der Waals surface area contributed by atoms with E-state index in [0.29, 0.717) is 0 Å². The van der Waals surface area contributed by atoms with E-state index < -0.39 is 0 Å². The molecule has 1 aliphatic rings. The highest BCUT2D eigenvalue weighted by Gasteiger charge is 2.11. The highest BCUT2D eigenvalue weighted by molar-refractivity contribution is 14.1. The van der Waals surface area contributed by atoms with Gasteiger partial charge in [0, 0.05) is 35.7 Å². The first-order chi connectivity index (χ1) is 4.80. The van der Waals surface area contributed by atoms with Gasteiger partial charge in [-0.3, -0.25) is 4.79 Å². The van der Waals surface area contributed by atoms with Crippen molar-refractivity contribution >= 4 is 26.5 Å². The van der Waals surface area contributed by atoms with Crippen LogP contribution in [0.1, 0.15) is 25.7 Å². The normalized spacial score (nSPS) is 20.3. The standard InChI is InChI=1S/C7H12INO/c8-7(10)9-5-3-1-2-4-6-9/h1-6H2. The van der Waals surface area contributed by atoms with Crippen molar-refractivity contribution in [2.24, 2.45) is 0 Å². The van der Waals surface area contributed by atoms with Gasteiger partial charge in [0.1, 0.15) is 0 Å². The summed E-state index contributed by atoms with van der Waals surface area (Å²) >= 11 is 1.87. The van der Waals surface area contributed by atoms with Crippen LogP contribution >= 0.6 is 22.6 Å². The van der Waals surface area contributed by atoms with E-state index in [2.05, 4.69) is 0 Å². The summed E-state index contributed by atoms with van der Waals surface area (Å²) < 4.78 is 0.208. The van der Waals surface area contributed by atoms with Gasteiger partial charge in [-0.2, -0.15) is 0 Å². The molecule has 3 heteroatoms. The van der Waals surface area contributed by atoms with Gasteiger partial charge in [-0.15, -0.1) is 0 Å². The number of carbonyl (C=O) groups is 1. The molecule has 0 aromatic carbocycles. The average Bonchev–Trinajstić information content (AvgIpc) is 2.12. The fraction of sp³-hybridized carbons (Fsp3) is 0.857. The van der Waals surface area contributed by atoms with Gasteiger partial charge in [0.2, 0.25) is 0 Å². The molecule has 1 amide bonds. The Morgan fingerprint density at radius 1 is 1.10 bits per heavy atom. The van der Waals surface area contributed by atoms with Crippen molar-refractivity contribution in [3.63, 3.8) is 0 Å². The van der Waals surface area contributed by atoms with Gasteiger partial charge in [-0.05, 0) is 12.8 Å². The summed E-state index contributed by atoms with van der Waals surface area (Å²) in [5.74, 6) is 0. The summed E-state index contributed by atoms with van der Waals surface area (Å²) in [7, 11) is 0. The summed E-state index contributed by atoms with van der Waals surface area (Å²) in [4.78, 5) is 12.8. The molecule has 1 rings (SSSR count). The molecular weight excluding hydrogens is 241 g/mol. The van der Waals surface area contributed by atoms with Crippen molar-refractivity contribution in [3.05, 3.63) is 0 Å². The van der Waals surface area contributed by atoms with Crippen LogP contribution in [0.15, 0.2) is 0 Å². The third kappa shape index (κ3) is 2.44. The molecule has 1 aliphatic heterocycles. The van der Waals surface area contributed by atoms with Gasteiger partial charge in [0.15, 0.2) is 0 Å². The summed E-state index contributed by atoms with van der Waals surface area (Å²) in [6.07, 6.45) is 4.96. The topological polar surface area (TPSA) is 20.3 Å². The molecule has 1 heterocycles. The van der Waals surface area contributed by atoms with E-state index in [4.69, 9.17) is 0 Å². The lowest BCUT2D eigenvalue weighted by molar-refractivity contribution is 0.228. The van der Waals surface area contributed by atoms with Crippen molar-refractivity contribution in [2.75, 3.05) is 13.1 Å². The second-order valence-electron chi connectivity index (χ2n) is 2.65. The Kier molecular flexibility index (Phi) is 3.45. The van der Waals surface area contributed by atoms with Crippen LogP contribution in [0, 0.1) is 0 Å². The number of nitrogens with zero attached hydrogens (tertiary/aromatic N) is 1. The Balaban J connectivity index is 2.35. The number of halogens is 1. The summed E-state index contributed by atoms with van der Waals surface area (Å²) in [6.45, 7) is 1.95. The molecule has 0 bridgehead atoms. The van der Waals surface area contributed by atoms with Crippen LogP contribution in [0.5, 0.6) is 0 Å². The lowest BCUT2D eigenvalue weighted by atomic mass is 10.2. The average molecular weight is 253 g/mol. The lowest BCUT2D eigenvalue weighted by Crippen LogP contribution is -2.26. The molecule has 0 unspecified atom stereocenters. The number of rotatable bonds is 0. The summed E-state index contributed by atoms with van der Waals surface area (Å²) in [5.41, 5.74) is 0. The minimum absolute atomic E-state index is 0.208. The fourth-order valence-electron chi connectivity index (χ4n) is 1.25. The van der Waals surface area contributed by atoms with E-state index in [9.17, 15) is 4.79 Å². The van der Waals surface area contributed by atoms with Crippen LogP contribution in [0.2, 0.25) is 0 Å². The highest BCUT2D eigenvalue weighted by Crippen LogP contribution is 2.11. The van der Waals surface area contributed by atoms with Crippen LogP contribution in [-0.2, 0) is 0 Å². The van der Waals surface area contributed by atoms with Crippen molar-refractivity contribution in [2.45, 2.75) is 25.7 Å². The van der Waals surface area contributed by atoms with E-state index in [1.807, 2.05) is 27.5 Å². The Bertz CT molecular complexity index is 119. The van der Waals surface area contributed by atoms with Gasteiger partial charge in [0.05, 0.1) is 0 Å². The van der Waals surface area contributed by atoms with Crippen molar-refractivity contribution < 1.29 is 4.79 Å². The summed E-state index contributed by atoms with van der Waals surface area (Å²) in [5, 5.41) is 0. The first-order valence-electron chi connectivity index (χ1n) is 3.75. The first kappa shape index (κ1) is 8.30. The van der Waals surface area contributed by atoms with E-state index in [0.717, 1.165) is 13.1 Å². The van der Waals surface area contributed by atoms with Crippen LogP contribution in [-0.4, -0.2) is 21.9 Å². The molecular formula is C7H12INO.